The fourth-order valence-corrected chi connectivity index (χ4v) is 3.04. The van der Waals surface area contributed by atoms with Crippen molar-refractivity contribution >= 4 is 11.6 Å². The summed E-state index contributed by atoms with van der Waals surface area (Å²) in [5.41, 5.74) is 2.82. The van der Waals surface area contributed by atoms with Crippen molar-refractivity contribution in [2.45, 2.75) is 156 Å². The summed E-state index contributed by atoms with van der Waals surface area (Å²) in [5, 5.41) is 0. The van der Waals surface area contributed by atoms with Crippen molar-refractivity contribution in [3.63, 3.8) is 0 Å². The standard InChI is InChI=1S/C15H22O.C11H16.C4H7O.4C2H6.2CH4.Y/c1-4-15(16)11-10-12(2)13(3)14-8-6-5-7-9-14;1-9(2)10(3)11-7-5-4-6-8-11;1-3-4(2)5;4*1-2;;;/h5-9,12-13H,4,10-11H2,1-3H3;4-10H,1-3H3;2-3H2,1H3;4*1-2H3;2*1H4;/q;;-1;;;;;;;. The van der Waals surface area contributed by atoms with Crippen molar-refractivity contribution in [3.05, 3.63) is 78.7 Å². The van der Waals surface area contributed by atoms with Crippen LogP contribution in [0.2, 0.25) is 0 Å². The Bertz CT molecular complexity index is 742. The van der Waals surface area contributed by atoms with Gasteiger partial charge in [0.2, 0.25) is 0 Å². The van der Waals surface area contributed by atoms with Crippen molar-refractivity contribution in [3.8, 4) is 0 Å². The summed E-state index contributed by atoms with van der Waals surface area (Å²) >= 11 is 0. The summed E-state index contributed by atoms with van der Waals surface area (Å²) in [6, 6.07) is 21.2. The predicted octanol–water partition coefficient (Wildman–Crippen LogP) is 13.8. The number of rotatable bonds is 9. The van der Waals surface area contributed by atoms with Crippen LogP contribution in [-0.2, 0) is 42.3 Å². The van der Waals surface area contributed by atoms with E-state index in [1.807, 2.05) is 68.4 Å². The van der Waals surface area contributed by atoms with Gasteiger partial charge in [0.05, 0.1) is 0 Å². The molecule has 3 heteroatoms. The summed E-state index contributed by atoms with van der Waals surface area (Å²) < 4.78 is 0. The van der Waals surface area contributed by atoms with E-state index in [2.05, 4.69) is 96.1 Å². The molecule has 3 atom stereocenters. The average Bonchev–Trinajstić information content (AvgIpc) is 3.04. The van der Waals surface area contributed by atoms with E-state index in [4.69, 9.17) is 0 Å². The van der Waals surface area contributed by atoms with Crippen LogP contribution in [0.1, 0.15) is 167 Å². The van der Waals surface area contributed by atoms with Gasteiger partial charge in [0.1, 0.15) is 5.78 Å². The quantitative estimate of drug-likeness (QED) is 0.247. The molecule has 0 aromatic heterocycles. The van der Waals surface area contributed by atoms with Crippen molar-refractivity contribution < 1.29 is 42.3 Å². The molecule has 0 saturated carbocycles. The van der Waals surface area contributed by atoms with Gasteiger partial charge >= 0.3 is 0 Å². The van der Waals surface area contributed by atoms with Gasteiger partial charge in [0, 0.05) is 45.6 Å². The molecule has 0 aliphatic carbocycles. The minimum atomic E-state index is 0. The van der Waals surface area contributed by atoms with Crippen LogP contribution in [0.3, 0.4) is 0 Å². The average molecular weight is 679 g/mol. The van der Waals surface area contributed by atoms with E-state index in [-0.39, 0.29) is 53.3 Å². The normalized spacial score (nSPS) is 10.2. The summed E-state index contributed by atoms with van der Waals surface area (Å²) in [6.45, 7) is 34.1. The maximum Gasteiger partial charge on any atom is 0.132 e. The summed E-state index contributed by atoms with van der Waals surface area (Å²) in [4.78, 5) is 21.0. The second-order valence-corrected chi connectivity index (χ2v) is 8.94. The van der Waals surface area contributed by atoms with E-state index in [1.165, 1.54) is 11.1 Å². The molecule has 253 valence electrons. The third-order valence-corrected chi connectivity index (χ3v) is 6.17. The Morgan fingerprint density at radius 2 is 0.907 bits per heavy atom. The minimum Gasteiger partial charge on any atom is -0.339 e. The molecular weight excluding hydrogens is 601 g/mol. The first-order valence-corrected chi connectivity index (χ1v) is 16.1. The molecule has 0 aliphatic rings. The van der Waals surface area contributed by atoms with Crippen LogP contribution in [0.5, 0.6) is 0 Å². The topological polar surface area (TPSA) is 34.1 Å². The molecule has 0 aliphatic heterocycles. The fraction of sp³-hybridized carbons (Fsp3) is 0.625. The number of hydrogen-bond acceptors (Lipinski definition) is 2. The number of hydrogen-bond donors (Lipinski definition) is 0. The SMILES string of the molecule is C.C.CC.CC.CC.CC.CC(C)C(C)c1ccccc1.CCC(=O)CCC(C)C(C)c1ccccc1.[CH2-]C(=O)CC.[Y]. The molecule has 1 radical (unpaired) electrons. The molecule has 43 heavy (non-hydrogen) atoms. The summed E-state index contributed by atoms with van der Waals surface area (Å²) in [5.74, 6) is 2.90. The second-order valence-electron chi connectivity index (χ2n) is 8.94. The number of ketones is 2. The van der Waals surface area contributed by atoms with Gasteiger partial charge in [0.25, 0.3) is 0 Å². The molecule has 0 spiro atoms. The van der Waals surface area contributed by atoms with Gasteiger partial charge in [-0.3, -0.25) is 4.79 Å². The van der Waals surface area contributed by atoms with E-state index >= 15 is 0 Å². The van der Waals surface area contributed by atoms with Crippen LogP contribution in [-0.4, -0.2) is 11.6 Å². The number of benzene rings is 2. The van der Waals surface area contributed by atoms with Gasteiger partial charge in [0.15, 0.2) is 0 Å². The molecule has 0 fully saturated rings. The molecule has 3 unspecified atom stereocenters. The molecule has 0 heterocycles. The first-order valence-electron chi connectivity index (χ1n) is 16.1. The zero-order chi connectivity index (χ0) is 32.5. The van der Waals surface area contributed by atoms with Crippen LogP contribution in [0.4, 0.5) is 0 Å². The van der Waals surface area contributed by atoms with Gasteiger partial charge in [-0.1, -0.05) is 179 Å². The molecule has 0 bridgehead atoms. The Morgan fingerprint density at radius 3 is 1.16 bits per heavy atom. The zero-order valence-corrected chi connectivity index (χ0v) is 32.9. The maximum atomic E-state index is 11.3. The molecule has 2 rings (SSSR count). The molecule has 2 nitrogen and oxygen atoms in total. The van der Waals surface area contributed by atoms with Crippen molar-refractivity contribution in [2.75, 3.05) is 0 Å². The number of carbonyl (C=O) groups is 2. The summed E-state index contributed by atoms with van der Waals surface area (Å²) in [6.07, 6.45) is 2.96. The van der Waals surface area contributed by atoms with Crippen molar-refractivity contribution in [1.82, 2.24) is 0 Å². The van der Waals surface area contributed by atoms with Gasteiger partial charge in [-0.05, 0) is 53.4 Å². The third kappa shape index (κ3) is 38.7. The Balaban J connectivity index is -0.0000000665. The third-order valence-electron chi connectivity index (χ3n) is 6.17. The number of carbonyl (C=O) groups excluding carboxylic acids is 2. The molecule has 0 saturated heterocycles. The van der Waals surface area contributed by atoms with Crippen LogP contribution in [0.25, 0.3) is 0 Å². The van der Waals surface area contributed by atoms with Crippen LogP contribution in [0.15, 0.2) is 60.7 Å². The molecule has 0 N–H and O–H groups in total. The van der Waals surface area contributed by atoms with E-state index in [9.17, 15) is 9.59 Å². The predicted molar refractivity (Wildman–Crippen MR) is 198 cm³/mol. The van der Waals surface area contributed by atoms with E-state index in [0.717, 1.165) is 18.8 Å². The Morgan fingerprint density at radius 1 is 0.605 bits per heavy atom. The van der Waals surface area contributed by atoms with E-state index in [1.54, 1.807) is 6.92 Å². The Kier molecular flexibility index (Phi) is 67.5. The first kappa shape index (κ1) is 60.9. The Hall–Kier alpha value is -1.25. The molecule has 0 amide bonds. The van der Waals surface area contributed by atoms with E-state index < -0.39 is 0 Å². The Labute approximate surface area is 298 Å². The minimum absolute atomic E-state index is 0. The first-order chi connectivity index (χ1) is 19.1. The van der Waals surface area contributed by atoms with Crippen LogP contribution in [0, 0.1) is 18.8 Å². The van der Waals surface area contributed by atoms with Gasteiger partial charge in [-0.2, -0.15) is 0 Å². The zero-order valence-electron chi connectivity index (χ0n) is 30.0. The van der Waals surface area contributed by atoms with E-state index in [0.29, 0.717) is 36.4 Å². The van der Waals surface area contributed by atoms with Crippen LogP contribution < -0.4 is 0 Å². The van der Waals surface area contributed by atoms with Crippen LogP contribution >= 0.6 is 0 Å². The van der Waals surface area contributed by atoms with Gasteiger partial charge in [-0.25, -0.2) is 0 Å². The van der Waals surface area contributed by atoms with Crippen molar-refractivity contribution in [1.29, 1.82) is 0 Å². The molecular formula is C40H77O2Y-. The second kappa shape index (κ2) is 47.7. The van der Waals surface area contributed by atoms with Gasteiger partial charge < -0.3 is 11.7 Å². The fourth-order valence-electron chi connectivity index (χ4n) is 3.04. The smallest absolute Gasteiger partial charge is 0.132 e. The van der Waals surface area contributed by atoms with Gasteiger partial charge in [-0.15, -0.1) is 0 Å². The monoisotopic (exact) mass is 678 g/mol. The maximum absolute atomic E-state index is 11.3. The molecule has 2 aromatic carbocycles. The largest absolute Gasteiger partial charge is 0.339 e. The van der Waals surface area contributed by atoms with Crippen molar-refractivity contribution in [2.24, 2.45) is 11.8 Å². The molecule has 2 aromatic rings. The summed E-state index contributed by atoms with van der Waals surface area (Å²) in [7, 11) is 0. The number of Topliss-reactive ketones (excluding diaryl/α,β-unsaturated/α-hetero) is 2.